The first-order valence-electron chi connectivity index (χ1n) is 6.51. The van der Waals surface area contributed by atoms with E-state index in [2.05, 4.69) is 25.8 Å². The SMILES string of the molecule is CC(C)n1ccnc(N2CCCC(CBr)C2)c1=O. The number of anilines is 1. The highest BCUT2D eigenvalue weighted by Crippen LogP contribution is 2.20. The summed E-state index contributed by atoms with van der Waals surface area (Å²) in [6, 6.07) is 0.177. The molecule has 1 saturated heterocycles. The summed E-state index contributed by atoms with van der Waals surface area (Å²) in [5.41, 5.74) is 0.0303. The van der Waals surface area contributed by atoms with E-state index in [1.807, 2.05) is 13.8 Å². The van der Waals surface area contributed by atoms with Crippen LogP contribution < -0.4 is 10.5 Å². The van der Waals surface area contributed by atoms with E-state index in [0.717, 1.165) is 24.8 Å². The number of alkyl halides is 1. The maximum absolute atomic E-state index is 12.4. The molecule has 0 amide bonds. The lowest BCUT2D eigenvalue weighted by atomic mass is 10.0. The molecule has 0 aromatic carbocycles. The fourth-order valence-electron chi connectivity index (χ4n) is 2.42. The van der Waals surface area contributed by atoms with Crippen molar-refractivity contribution < 1.29 is 0 Å². The molecule has 1 unspecified atom stereocenters. The smallest absolute Gasteiger partial charge is 0.293 e. The van der Waals surface area contributed by atoms with Crippen molar-refractivity contribution in [2.45, 2.75) is 32.7 Å². The highest BCUT2D eigenvalue weighted by molar-refractivity contribution is 9.09. The van der Waals surface area contributed by atoms with E-state index in [-0.39, 0.29) is 11.6 Å². The number of nitrogens with zero attached hydrogens (tertiary/aromatic N) is 3. The number of rotatable bonds is 3. The molecule has 0 bridgehead atoms. The summed E-state index contributed by atoms with van der Waals surface area (Å²) in [6.07, 6.45) is 5.86. The first-order valence-corrected chi connectivity index (χ1v) is 7.63. The van der Waals surface area contributed by atoms with Gasteiger partial charge < -0.3 is 9.47 Å². The quantitative estimate of drug-likeness (QED) is 0.804. The van der Waals surface area contributed by atoms with Gasteiger partial charge in [-0.15, -0.1) is 0 Å². The molecule has 2 heterocycles. The predicted molar refractivity (Wildman–Crippen MR) is 77.6 cm³/mol. The van der Waals surface area contributed by atoms with Crippen LogP contribution in [0.3, 0.4) is 0 Å². The van der Waals surface area contributed by atoms with Gasteiger partial charge in [-0.1, -0.05) is 15.9 Å². The van der Waals surface area contributed by atoms with Crippen molar-refractivity contribution >= 4 is 21.7 Å². The van der Waals surface area contributed by atoms with Crippen molar-refractivity contribution in [2.24, 2.45) is 5.92 Å². The van der Waals surface area contributed by atoms with Crippen molar-refractivity contribution in [3.63, 3.8) is 0 Å². The Balaban J connectivity index is 2.28. The molecule has 1 aromatic rings. The van der Waals surface area contributed by atoms with Crippen molar-refractivity contribution in [3.8, 4) is 0 Å². The van der Waals surface area contributed by atoms with Crippen LogP contribution in [-0.2, 0) is 0 Å². The number of halogens is 1. The summed E-state index contributed by atoms with van der Waals surface area (Å²) in [5, 5.41) is 0.995. The highest BCUT2D eigenvalue weighted by atomic mass is 79.9. The van der Waals surface area contributed by atoms with E-state index in [0.29, 0.717) is 11.7 Å². The molecule has 0 radical (unpaired) electrons. The lowest BCUT2D eigenvalue weighted by Gasteiger charge is -2.32. The van der Waals surface area contributed by atoms with Gasteiger partial charge in [-0.3, -0.25) is 4.79 Å². The van der Waals surface area contributed by atoms with Gasteiger partial charge in [0, 0.05) is 36.9 Å². The Kier molecular flexibility index (Phi) is 4.43. The lowest BCUT2D eigenvalue weighted by molar-refractivity contribution is 0.449. The molecule has 0 saturated carbocycles. The summed E-state index contributed by atoms with van der Waals surface area (Å²) in [6.45, 7) is 5.90. The maximum atomic E-state index is 12.4. The van der Waals surface area contributed by atoms with Gasteiger partial charge in [0.15, 0.2) is 5.82 Å². The standard InChI is InChI=1S/C13H20BrN3O/c1-10(2)17-7-5-15-12(13(17)18)16-6-3-4-11(8-14)9-16/h5,7,10-11H,3-4,6,8-9H2,1-2H3. The van der Waals surface area contributed by atoms with Gasteiger partial charge in [0.05, 0.1) is 0 Å². The zero-order valence-corrected chi connectivity index (χ0v) is 12.6. The minimum atomic E-state index is 0.0303. The minimum Gasteiger partial charge on any atom is -0.352 e. The van der Waals surface area contributed by atoms with Gasteiger partial charge in [-0.2, -0.15) is 0 Å². The Morgan fingerprint density at radius 1 is 1.56 bits per heavy atom. The fourth-order valence-corrected chi connectivity index (χ4v) is 2.95. The van der Waals surface area contributed by atoms with E-state index in [4.69, 9.17) is 0 Å². The van der Waals surface area contributed by atoms with Crippen LogP contribution in [0, 0.1) is 5.92 Å². The second kappa shape index (κ2) is 5.87. The van der Waals surface area contributed by atoms with Crippen LogP contribution in [0.4, 0.5) is 5.82 Å². The molecule has 0 aliphatic carbocycles. The van der Waals surface area contributed by atoms with Gasteiger partial charge in [-0.25, -0.2) is 4.98 Å². The molecule has 100 valence electrons. The third kappa shape index (κ3) is 2.76. The second-order valence-electron chi connectivity index (χ2n) is 5.17. The van der Waals surface area contributed by atoms with Gasteiger partial charge >= 0.3 is 0 Å². The zero-order chi connectivity index (χ0) is 13.1. The molecule has 0 N–H and O–H groups in total. The van der Waals surface area contributed by atoms with Gasteiger partial charge in [0.1, 0.15) is 0 Å². The molecule has 0 spiro atoms. The van der Waals surface area contributed by atoms with E-state index in [1.54, 1.807) is 17.0 Å². The Morgan fingerprint density at radius 2 is 2.33 bits per heavy atom. The van der Waals surface area contributed by atoms with Crippen molar-refractivity contribution in [2.75, 3.05) is 23.3 Å². The lowest BCUT2D eigenvalue weighted by Crippen LogP contribution is -2.41. The van der Waals surface area contributed by atoms with Crippen molar-refractivity contribution in [1.29, 1.82) is 0 Å². The first-order chi connectivity index (χ1) is 8.63. The normalized spacial score (nSPS) is 20.4. The predicted octanol–water partition coefficient (Wildman–Crippen LogP) is 2.44. The molecule has 4 nitrogen and oxygen atoms in total. The van der Waals surface area contributed by atoms with Gasteiger partial charge in [0.25, 0.3) is 5.56 Å². The molecule has 1 aliphatic rings. The fraction of sp³-hybridized carbons (Fsp3) is 0.692. The Bertz CT molecular complexity index is 458. The first kappa shape index (κ1) is 13.6. The van der Waals surface area contributed by atoms with Crippen LogP contribution in [0.2, 0.25) is 0 Å². The van der Waals surface area contributed by atoms with Gasteiger partial charge in [-0.05, 0) is 32.6 Å². The third-order valence-corrected chi connectivity index (χ3v) is 4.36. The third-order valence-electron chi connectivity index (χ3n) is 3.44. The molecule has 1 atom stereocenters. The summed E-state index contributed by atoms with van der Waals surface area (Å²) in [7, 11) is 0. The van der Waals surface area contributed by atoms with Crippen LogP contribution >= 0.6 is 15.9 Å². The summed E-state index contributed by atoms with van der Waals surface area (Å²) in [5.74, 6) is 1.23. The van der Waals surface area contributed by atoms with Crippen molar-refractivity contribution in [1.82, 2.24) is 9.55 Å². The molecular weight excluding hydrogens is 294 g/mol. The zero-order valence-electron chi connectivity index (χ0n) is 11.0. The molecule has 18 heavy (non-hydrogen) atoms. The van der Waals surface area contributed by atoms with Crippen LogP contribution in [0.25, 0.3) is 0 Å². The molecule has 1 fully saturated rings. The topological polar surface area (TPSA) is 38.1 Å². The highest BCUT2D eigenvalue weighted by Gasteiger charge is 2.22. The average Bonchev–Trinajstić information content (AvgIpc) is 2.38. The van der Waals surface area contributed by atoms with Crippen LogP contribution in [0.5, 0.6) is 0 Å². The summed E-state index contributed by atoms with van der Waals surface area (Å²) < 4.78 is 1.75. The molecule has 2 rings (SSSR count). The van der Waals surface area contributed by atoms with Crippen LogP contribution in [-0.4, -0.2) is 28.0 Å². The number of hydrogen-bond donors (Lipinski definition) is 0. The minimum absolute atomic E-state index is 0.0303. The maximum Gasteiger partial charge on any atom is 0.293 e. The van der Waals surface area contributed by atoms with E-state index >= 15 is 0 Å². The summed E-state index contributed by atoms with van der Waals surface area (Å²) >= 11 is 3.54. The van der Waals surface area contributed by atoms with E-state index in [9.17, 15) is 4.79 Å². The number of hydrogen-bond acceptors (Lipinski definition) is 3. The summed E-state index contributed by atoms with van der Waals surface area (Å²) in [4.78, 5) is 18.8. The van der Waals surface area contributed by atoms with Crippen molar-refractivity contribution in [3.05, 3.63) is 22.7 Å². The molecule has 1 aromatic heterocycles. The van der Waals surface area contributed by atoms with E-state index < -0.39 is 0 Å². The van der Waals surface area contributed by atoms with Gasteiger partial charge in [0.2, 0.25) is 0 Å². The van der Waals surface area contributed by atoms with E-state index in [1.165, 1.54) is 6.42 Å². The monoisotopic (exact) mass is 313 g/mol. The molecule has 5 heteroatoms. The van der Waals surface area contributed by atoms with Crippen LogP contribution in [0.1, 0.15) is 32.7 Å². The van der Waals surface area contributed by atoms with Crippen LogP contribution in [0.15, 0.2) is 17.2 Å². The molecular formula is C13H20BrN3O. The number of piperidine rings is 1. The molecule has 1 aliphatic heterocycles. The Labute approximate surface area is 116 Å². The Hall–Kier alpha value is -0.840. The number of aromatic nitrogens is 2. The average molecular weight is 314 g/mol. The Morgan fingerprint density at radius 3 is 3.00 bits per heavy atom. The second-order valence-corrected chi connectivity index (χ2v) is 5.81. The largest absolute Gasteiger partial charge is 0.352 e.